The minimum atomic E-state index is -0.286. The molecule has 0 spiro atoms. The monoisotopic (exact) mass is 394 g/mol. The van der Waals surface area contributed by atoms with Crippen LogP contribution < -0.4 is 14.2 Å². The Kier molecular flexibility index (Phi) is 6.02. The molecule has 1 aliphatic carbocycles. The van der Waals surface area contributed by atoms with Crippen LogP contribution >= 0.6 is 0 Å². The quantitative estimate of drug-likeness (QED) is 0.566. The fourth-order valence-corrected chi connectivity index (χ4v) is 4.08. The standard InChI is InChI=1S/C25H30O4/c1-7-18(16-9-11-21(27-4)22(14-16)28-5)23(26)20-10-8-17-15-25(2,3)13-12-19(17)24(20)29-6/h8-14,18H,7,15H2,1-6H3. The van der Waals surface area contributed by atoms with Gasteiger partial charge in [0.25, 0.3) is 0 Å². The van der Waals surface area contributed by atoms with Crippen LogP contribution in [0.5, 0.6) is 17.2 Å². The second-order valence-electron chi connectivity index (χ2n) is 8.16. The zero-order valence-corrected chi connectivity index (χ0v) is 18.2. The molecule has 0 saturated carbocycles. The highest BCUT2D eigenvalue weighted by molar-refractivity contribution is 6.04. The first-order chi connectivity index (χ1) is 13.8. The summed E-state index contributed by atoms with van der Waals surface area (Å²) >= 11 is 0. The van der Waals surface area contributed by atoms with Gasteiger partial charge in [-0.2, -0.15) is 0 Å². The SMILES string of the molecule is CCC(C(=O)c1ccc2c(c1OC)C=CC(C)(C)C2)c1ccc(OC)c(OC)c1. The molecule has 4 heteroatoms. The summed E-state index contributed by atoms with van der Waals surface area (Å²) in [6.45, 7) is 6.44. The van der Waals surface area contributed by atoms with Crippen LogP contribution in [0.15, 0.2) is 36.4 Å². The summed E-state index contributed by atoms with van der Waals surface area (Å²) in [4.78, 5) is 13.5. The fraction of sp³-hybridized carbons (Fsp3) is 0.400. The van der Waals surface area contributed by atoms with Crippen LogP contribution in [0, 0.1) is 5.41 Å². The number of ether oxygens (including phenoxy) is 3. The smallest absolute Gasteiger partial charge is 0.174 e. The number of ketones is 1. The van der Waals surface area contributed by atoms with Crippen LogP contribution in [-0.4, -0.2) is 27.1 Å². The molecule has 0 fully saturated rings. The number of fused-ring (bicyclic) bond motifs is 1. The zero-order valence-electron chi connectivity index (χ0n) is 18.2. The van der Waals surface area contributed by atoms with Gasteiger partial charge in [0.2, 0.25) is 0 Å². The molecule has 0 radical (unpaired) electrons. The molecule has 1 atom stereocenters. The molecule has 1 aliphatic rings. The molecule has 0 aromatic heterocycles. The first-order valence-corrected chi connectivity index (χ1v) is 10.0. The average Bonchev–Trinajstić information content (AvgIpc) is 2.72. The highest BCUT2D eigenvalue weighted by Gasteiger charge is 2.29. The number of hydrogen-bond acceptors (Lipinski definition) is 4. The van der Waals surface area contributed by atoms with Crippen LogP contribution in [0.3, 0.4) is 0 Å². The van der Waals surface area contributed by atoms with Crippen LogP contribution in [-0.2, 0) is 6.42 Å². The van der Waals surface area contributed by atoms with Crippen molar-refractivity contribution in [3.8, 4) is 17.2 Å². The number of benzene rings is 2. The van der Waals surface area contributed by atoms with Gasteiger partial charge >= 0.3 is 0 Å². The van der Waals surface area contributed by atoms with Crippen molar-refractivity contribution in [3.05, 3.63) is 58.7 Å². The van der Waals surface area contributed by atoms with E-state index in [1.807, 2.05) is 31.2 Å². The number of hydrogen-bond donors (Lipinski definition) is 0. The van der Waals surface area contributed by atoms with Crippen LogP contribution in [0.25, 0.3) is 6.08 Å². The van der Waals surface area contributed by atoms with E-state index in [4.69, 9.17) is 14.2 Å². The maximum Gasteiger partial charge on any atom is 0.174 e. The summed E-state index contributed by atoms with van der Waals surface area (Å²) < 4.78 is 16.5. The Hall–Kier alpha value is -2.75. The second-order valence-corrected chi connectivity index (χ2v) is 8.16. The predicted molar refractivity (Wildman–Crippen MR) is 116 cm³/mol. The minimum Gasteiger partial charge on any atom is -0.495 e. The van der Waals surface area contributed by atoms with E-state index in [1.54, 1.807) is 21.3 Å². The van der Waals surface area contributed by atoms with E-state index in [2.05, 4.69) is 32.1 Å². The average molecular weight is 395 g/mol. The number of methoxy groups -OCH3 is 3. The molecule has 2 aromatic rings. The Morgan fingerprint density at radius 3 is 2.38 bits per heavy atom. The number of Topliss-reactive ketones (excluding diaryl/α,β-unsaturated/α-hetero) is 1. The molecule has 2 aromatic carbocycles. The van der Waals surface area contributed by atoms with E-state index in [-0.39, 0.29) is 17.1 Å². The largest absolute Gasteiger partial charge is 0.495 e. The Bertz CT molecular complexity index is 940. The highest BCUT2D eigenvalue weighted by atomic mass is 16.5. The van der Waals surface area contributed by atoms with Crippen molar-refractivity contribution in [3.63, 3.8) is 0 Å². The van der Waals surface area contributed by atoms with Crippen LogP contribution in [0.1, 0.15) is 60.2 Å². The summed E-state index contributed by atoms with van der Waals surface area (Å²) in [7, 11) is 4.84. The van der Waals surface area contributed by atoms with Gasteiger partial charge in [0.15, 0.2) is 17.3 Å². The molecule has 1 unspecified atom stereocenters. The Morgan fingerprint density at radius 2 is 1.76 bits per heavy atom. The Balaban J connectivity index is 2.03. The molecule has 29 heavy (non-hydrogen) atoms. The van der Waals surface area contributed by atoms with Gasteiger partial charge in [0.05, 0.1) is 26.9 Å². The van der Waals surface area contributed by atoms with Crippen molar-refractivity contribution in [2.45, 2.75) is 39.5 Å². The molecular weight excluding hydrogens is 364 g/mol. The van der Waals surface area contributed by atoms with Gasteiger partial charge in [-0.1, -0.05) is 45.1 Å². The van der Waals surface area contributed by atoms with E-state index in [9.17, 15) is 4.79 Å². The van der Waals surface area contributed by atoms with E-state index in [0.717, 1.165) is 17.5 Å². The molecule has 0 aliphatic heterocycles. The maximum absolute atomic E-state index is 13.5. The van der Waals surface area contributed by atoms with Crippen LogP contribution in [0.2, 0.25) is 0 Å². The number of carbonyl (C=O) groups is 1. The Morgan fingerprint density at radius 1 is 1.03 bits per heavy atom. The van der Waals surface area contributed by atoms with Gasteiger partial charge in [-0.15, -0.1) is 0 Å². The number of carbonyl (C=O) groups excluding carboxylic acids is 1. The van der Waals surface area contributed by atoms with Crippen molar-refractivity contribution >= 4 is 11.9 Å². The van der Waals surface area contributed by atoms with Gasteiger partial charge in [-0.25, -0.2) is 0 Å². The van der Waals surface area contributed by atoms with Crippen molar-refractivity contribution in [2.75, 3.05) is 21.3 Å². The summed E-state index contributed by atoms with van der Waals surface area (Å²) in [5, 5.41) is 0. The molecule has 0 saturated heterocycles. The lowest BCUT2D eigenvalue weighted by atomic mass is 9.78. The lowest BCUT2D eigenvalue weighted by Crippen LogP contribution is -2.18. The molecule has 3 rings (SSSR count). The lowest BCUT2D eigenvalue weighted by molar-refractivity contribution is 0.0954. The second kappa shape index (κ2) is 8.32. The van der Waals surface area contributed by atoms with Crippen molar-refractivity contribution < 1.29 is 19.0 Å². The summed E-state index contributed by atoms with van der Waals surface area (Å²) in [5.41, 5.74) is 3.86. The molecular formula is C25H30O4. The van der Waals surface area contributed by atoms with E-state index in [1.165, 1.54) is 5.56 Å². The molecule has 4 nitrogen and oxygen atoms in total. The molecule has 154 valence electrons. The molecule has 0 bridgehead atoms. The Labute approximate surface area is 173 Å². The first kappa shape index (κ1) is 21.0. The predicted octanol–water partition coefficient (Wildman–Crippen LogP) is 5.68. The highest BCUT2D eigenvalue weighted by Crippen LogP contribution is 2.40. The van der Waals surface area contributed by atoms with Gasteiger partial charge in [-0.05, 0) is 47.6 Å². The van der Waals surface area contributed by atoms with E-state index < -0.39 is 0 Å². The lowest BCUT2D eigenvalue weighted by Gasteiger charge is -2.28. The number of rotatable bonds is 7. The van der Waals surface area contributed by atoms with E-state index in [0.29, 0.717) is 29.2 Å². The molecule has 0 amide bonds. The third kappa shape index (κ3) is 4.02. The topological polar surface area (TPSA) is 44.8 Å². The number of allylic oxidation sites excluding steroid dienone is 1. The van der Waals surface area contributed by atoms with Crippen molar-refractivity contribution in [1.29, 1.82) is 0 Å². The van der Waals surface area contributed by atoms with E-state index >= 15 is 0 Å². The van der Waals surface area contributed by atoms with Crippen molar-refractivity contribution in [1.82, 2.24) is 0 Å². The summed E-state index contributed by atoms with van der Waals surface area (Å²) in [6.07, 6.45) is 5.89. The minimum absolute atomic E-state index is 0.0533. The van der Waals surface area contributed by atoms with Gasteiger partial charge in [0, 0.05) is 11.5 Å². The normalized spacial score (nSPS) is 15.4. The third-order valence-electron chi connectivity index (χ3n) is 5.64. The van der Waals surface area contributed by atoms with Gasteiger partial charge < -0.3 is 14.2 Å². The molecule has 0 heterocycles. The summed E-state index contributed by atoms with van der Waals surface area (Å²) in [5.74, 6) is 1.71. The summed E-state index contributed by atoms with van der Waals surface area (Å²) in [6, 6.07) is 9.65. The van der Waals surface area contributed by atoms with Crippen molar-refractivity contribution in [2.24, 2.45) is 5.41 Å². The molecule has 0 N–H and O–H groups in total. The zero-order chi connectivity index (χ0) is 21.2. The van der Waals surface area contributed by atoms with Crippen LogP contribution in [0.4, 0.5) is 0 Å². The maximum atomic E-state index is 13.5. The fourth-order valence-electron chi connectivity index (χ4n) is 4.08. The van der Waals surface area contributed by atoms with Gasteiger partial charge in [-0.3, -0.25) is 4.79 Å². The third-order valence-corrected chi connectivity index (χ3v) is 5.64. The first-order valence-electron chi connectivity index (χ1n) is 10.0. The van der Waals surface area contributed by atoms with Gasteiger partial charge in [0.1, 0.15) is 5.75 Å².